The van der Waals surface area contributed by atoms with Crippen molar-refractivity contribution >= 4 is 59.0 Å². The van der Waals surface area contributed by atoms with Crippen molar-refractivity contribution in [1.82, 2.24) is 38.8 Å². The molecule has 5 aliphatic rings. The van der Waals surface area contributed by atoms with Gasteiger partial charge >= 0.3 is 30.1 Å². The molecule has 1 N–H and O–H groups in total. The molecule has 4 aromatic rings. The van der Waals surface area contributed by atoms with Gasteiger partial charge in [0.15, 0.2) is 47.2 Å². The normalized spacial score (nSPS) is 34.7. The summed E-state index contributed by atoms with van der Waals surface area (Å²) in [6.07, 6.45) is 5.71. The molecular weight excluding hydrogens is 1520 g/mol. The summed E-state index contributed by atoms with van der Waals surface area (Å²) in [5.41, 5.74) is -3.80. The number of carbonyl (C=O) groups excluding carboxylic acids is 9. The van der Waals surface area contributed by atoms with Gasteiger partial charge in [-0.25, -0.2) is 33.9 Å². The van der Waals surface area contributed by atoms with E-state index in [0.717, 1.165) is 21.6 Å². The van der Waals surface area contributed by atoms with Gasteiger partial charge in [0, 0.05) is 107 Å². The van der Waals surface area contributed by atoms with Crippen LogP contribution in [0, 0.1) is 41.4 Å². The maximum atomic E-state index is 14.8. The van der Waals surface area contributed by atoms with Crippen LogP contribution < -0.4 is 4.90 Å². The van der Waals surface area contributed by atoms with E-state index >= 15 is 0 Å². The average molecular weight is 1650 g/mol. The Morgan fingerprint density at radius 1 is 0.678 bits per heavy atom. The lowest BCUT2D eigenvalue weighted by Crippen LogP contribution is -2.60. The molecule has 1 amide bonds. The second kappa shape index (κ2) is 40.6. The molecule has 9 rings (SSSR count). The predicted molar refractivity (Wildman–Crippen MR) is 439 cm³/mol. The van der Waals surface area contributed by atoms with Crippen molar-refractivity contribution in [2.75, 3.05) is 68.0 Å². The van der Waals surface area contributed by atoms with E-state index in [0.29, 0.717) is 37.8 Å². The highest BCUT2D eigenvalue weighted by Gasteiger charge is 2.62. The Kier molecular flexibility index (Phi) is 32.6. The average Bonchev–Trinajstić information content (AvgIpc) is 1.58. The van der Waals surface area contributed by atoms with Crippen LogP contribution in [0.25, 0.3) is 11.3 Å². The number of rotatable bonds is 22. The summed E-state index contributed by atoms with van der Waals surface area (Å²) in [6.45, 7) is 32.7. The Balaban J connectivity index is 0.000000296. The third kappa shape index (κ3) is 21.2. The van der Waals surface area contributed by atoms with Crippen molar-refractivity contribution in [3.63, 3.8) is 0 Å². The first kappa shape index (κ1) is 94.8. The van der Waals surface area contributed by atoms with Gasteiger partial charge < -0.3 is 76.5 Å². The fourth-order valence-electron chi connectivity index (χ4n) is 17.4. The maximum absolute atomic E-state index is 14.8. The summed E-state index contributed by atoms with van der Waals surface area (Å²) in [5, 5.41) is 11.5. The molecule has 0 bridgehead atoms. The van der Waals surface area contributed by atoms with E-state index in [-0.39, 0.29) is 73.7 Å². The molecule has 650 valence electrons. The number of aryl methyl sites for hydroxylation is 1. The van der Waals surface area contributed by atoms with Crippen molar-refractivity contribution in [2.45, 2.75) is 257 Å². The lowest BCUT2D eigenvalue weighted by atomic mass is 9.72. The Labute approximate surface area is 694 Å². The highest BCUT2D eigenvalue weighted by molar-refractivity contribution is 6.01. The number of hydrogen-bond acceptors (Lipinski definition) is 27. The number of fused-ring (bicyclic) bond motifs is 1. The topological polar surface area (TPSA) is 337 Å². The Morgan fingerprint density at radius 2 is 1.24 bits per heavy atom. The van der Waals surface area contributed by atoms with Gasteiger partial charge in [0.25, 0.3) is 0 Å². The fourth-order valence-corrected chi connectivity index (χ4v) is 17.4. The van der Waals surface area contributed by atoms with Gasteiger partial charge in [0.05, 0.1) is 65.3 Å². The number of methoxy groups -OCH3 is 2. The van der Waals surface area contributed by atoms with E-state index in [4.69, 9.17) is 52.1 Å². The number of aromatic nitrogens is 5. The number of ketones is 4. The number of ether oxygens (including phenoxy) is 11. The first-order valence-corrected chi connectivity index (χ1v) is 41.0. The molecule has 0 aliphatic carbocycles. The minimum Gasteiger partial charge on any atom is -0.457 e. The summed E-state index contributed by atoms with van der Waals surface area (Å²) >= 11 is 0. The SMILES string of the molecule is C=C[C@]1(OC(=O)n2ccnc2)/C=C(\C)C(=O)[C@H](C)C[C@](C)(OC)[C@H](OC2O[C@H](C)C[C@H](N(C)C)[C@H]2OC(=O)c2ccccc2)[C@@H](C)C(=O)[C@@H](C)C(=O)O[C@@H]1CC.C=C[C@]12OC(=O)N(CCCCn3cnc(-c4ccc(N(C)C)nc4)c3)[C@@H]1[C@@H](C)C(=O)[C@H](C)C[C@](C)(OC)[C@H](OC1O[C@H](C)C[C@H](N(C)C)[C@H]1O)[C@@H](C)C(=O)[C@@H](C)C(=O)O[C@@H]2CC. The number of carbonyl (C=O) groups is 9. The molecule has 4 fully saturated rings. The zero-order valence-corrected chi connectivity index (χ0v) is 72.9. The molecule has 3 aromatic heterocycles. The summed E-state index contributed by atoms with van der Waals surface area (Å²) in [4.78, 5) is 147. The van der Waals surface area contributed by atoms with Crippen LogP contribution >= 0.6 is 0 Å². The lowest BCUT2D eigenvalue weighted by Gasteiger charge is -2.47. The molecule has 24 atom stereocenters. The molecule has 0 saturated carbocycles. The molecular formula is C88H127N9O21. The van der Waals surface area contributed by atoms with Gasteiger partial charge in [-0.3, -0.25) is 33.7 Å². The number of aliphatic hydroxyl groups excluding tert-OH is 1. The van der Waals surface area contributed by atoms with Crippen molar-refractivity contribution < 1.29 is 100 Å². The smallest absolute Gasteiger partial charge is 0.420 e. The van der Waals surface area contributed by atoms with E-state index in [9.17, 15) is 48.3 Å². The van der Waals surface area contributed by atoms with E-state index in [2.05, 4.69) is 28.1 Å². The number of aliphatic hydroxyl groups is 1. The number of esters is 3. The van der Waals surface area contributed by atoms with Gasteiger partial charge in [-0.1, -0.05) is 79.8 Å². The molecule has 0 radical (unpaired) electrons. The highest BCUT2D eigenvalue weighted by Crippen LogP contribution is 2.46. The number of cyclic esters (lactones) is 2. The van der Waals surface area contributed by atoms with Gasteiger partial charge in [0.1, 0.15) is 48.1 Å². The van der Waals surface area contributed by atoms with E-state index in [1.54, 1.807) is 117 Å². The number of anilines is 1. The highest BCUT2D eigenvalue weighted by atomic mass is 16.7. The number of nitrogens with zero attached hydrogens (tertiary/aromatic N) is 9. The van der Waals surface area contributed by atoms with Gasteiger partial charge in [-0.05, 0) is 176 Å². The van der Waals surface area contributed by atoms with Gasteiger partial charge in [0.2, 0.25) is 0 Å². The van der Waals surface area contributed by atoms with Gasteiger partial charge in [-0.2, -0.15) is 0 Å². The third-order valence-corrected chi connectivity index (χ3v) is 24.3. The standard InChI is InChI=1S/C46H70N6O10.C42H57N3O11/c1-14-35-46(15-2)40(52(44(57)62-46)21-17-16-20-51-25-33(48-26-51)32-18-19-36(47-24-32)50(11)12)29(5)37(53)27(3)23-45(8,58-13)41(30(6)38(54)31(7)42(56)60-35)61-43-39(55)34(49(9)10)22-28(4)59-43;1-12-32-42(13-2,56-40(50)45-20-19-43-24-45)23-26(4)33(46)25(3)22-41(8,51-11)36(28(6)34(47)29(7)37(48)53-32)55-39-35(31(44(9)10)21-27(5)52-39)54-38(49)30-17-15-14-16-18-30/h15,18-19,24-31,34-35,39-41,43,55H,2,14,16-17,20-23H2,1,3-13H3;13-20,23-25,27-29,31-32,35-36,39H,2,12,21-22H2,1,3-11H3/b;26-23+/t27-,28-,29+,30+,31-,34+,35-,39-,40-,41-,43?,45+,46-;25-,27-,28+,29-,31+,32-,35-,36-,39?,41+,42+/m11/s1. The van der Waals surface area contributed by atoms with E-state index in [1.807, 2.05) is 93.7 Å². The lowest BCUT2D eigenvalue weighted by molar-refractivity contribution is -0.295. The van der Waals surface area contributed by atoms with Crippen molar-refractivity contribution in [3.8, 4) is 11.3 Å². The van der Waals surface area contributed by atoms with Crippen molar-refractivity contribution in [1.29, 1.82) is 0 Å². The largest absolute Gasteiger partial charge is 0.457 e. The molecule has 2 unspecified atom stereocenters. The molecule has 118 heavy (non-hydrogen) atoms. The number of imidazole rings is 2. The third-order valence-electron chi connectivity index (χ3n) is 24.3. The van der Waals surface area contributed by atoms with E-state index < -0.39 is 161 Å². The molecule has 4 saturated heterocycles. The Bertz CT molecular complexity index is 4160. The molecule has 1 aromatic carbocycles. The summed E-state index contributed by atoms with van der Waals surface area (Å²) in [6, 6.07) is 11.0. The Hall–Kier alpha value is -8.72. The van der Waals surface area contributed by atoms with Crippen LogP contribution in [-0.2, 0) is 87.4 Å². The number of hydrogen-bond donors (Lipinski definition) is 1. The maximum Gasteiger partial charge on any atom is 0.420 e. The molecule has 0 spiro atoms. The van der Waals surface area contributed by atoms with Crippen molar-refractivity contribution in [3.05, 3.63) is 122 Å². The minimum atomic E-state index is -1.80. The number of pyridine rings is 1. The van der Waals surface area contributed by atoms with Crippen LogP contribution in [0.5, 0.6) is 0 Å². The summed E-state index contributed by atoms with van der Waals surface area (Å²) in [7, 11) is 14.3. The fraction of sp³-hybridized carbons (Fsp3) is 0.636. The zero-order chi connectivity index (χ0) is 87.4. The van der Waals surface area contributed by atoms with Crippen LogP contribution in [0.2, 0.25) is 0 Å². The molecule has 30 heteroatoms. The van der Waals surface area contributed by atoms with Crippen LogP contribution in [-0.4, -0.2) is 262 Å². The number of likely N-dealkylation sites (N-methyl/N-ethyl adjacent to an activating group) is 2. The number of unbranched alkanes of at least 4 members (excludes halogenated alkanes) is 1. The number of amides is 1. The van der Waals surface area contributed by atoms with Crippen LogP contribution in [0.4, 0.5) is 15.4 Å². The zero-order valence-electron chi connectivity index (χ0n) is 72.9. The van der Waals surface area contributed by atoms with Crippen LogP contribution in [0.15, 0.2) is 117 Å². The predicted octanol–water partition coefficient (Wildman–Crippen LogP) is 10.8. The first-order chi connectivity index (χ1) is 55.6. The quantitative estimate of drug-likeness (QED) is 0.0251. The first-order valence-electron chi connectivity index (χ1n) is 41.0. The second-order valence-corrected chi connectivity index (χ2v) is 33.6. The van der Waals surface area contributed by atoms with Crippen LogP contribution in [0.3, 0.4) is 0 Å². The number of allylic oxidation sites excluding steroid dienone is 1. The molecule has 5 aliphatic heterocycles. The van der Waals surface area contributed by atoms with Crippen molar-refractivity contribution in [2.24, 2.45) is 41.4 Å². The molecule has 30 nitrogen and oxygen atoms in total. The van der Waals surface area contributed by atoms with E-state index in [1.165, 1.54) is 65.0 Å². The molecule has 8 heterocycles. The Morgan fingerprint density at radius 3 is 1.76 bits per heavy atom. The number of benzene rings is 1. The monoisotopic (exact) mass is 1650 g/mol. The minimum absolute atomic E-state index is 0.0512. The van der Waals surface area contributed by atoms with Gasteiger partial charge in [-0.15, -0.1) is 0 Å². The number of Topliss-reactive ketones (excluding diaryl/α,β-unsaturated/α-hetero) is 4. The van der Waals surface area contributed by atoms with Crippen LogP contribution in [0.1, 0.15) is 159 Å². The summed E-state index contributed by atoms with van der Waals surface area (Å²) in [5.74, 6) is -9.80. The summed E-state index contributed by atoms with van der Waals surface area (Å²) < 4.78 is 71.9. The second-order valence-electron chi connectivity index (χ2n) is 33.6.